The maximum absolute atomic E-state index is 13.3. The van der Waals surface area contributed by atoms with E-state index in [4.69, 9.17) is 4.98 Å². The first-order chi connectivity index (χ1) is 14.5. The molecule has 2 aromatic heterocycles. The van der Waals surface area contributed by atoms with E-state index in [2.05, 4.69) is 18.8 Å². The van der Waals surface area contributed by atoms with Crippen LogP contribution in [0.5, 0.6) is 0 Å². The fraction of sp³-hybridized carbons (Fsp3) is 0.348. The number of allylic oxidation sites excluding steroid dienone is 1. The van der Waals surface area contributed by atoms with E-state index < -0.39 is 0 Å². The summed E-state index contributed by atoms with van der Waals surface area (Å²) >= 11 is 2.76. The Kier molecular flexibility index (Phi) is 6.11. The number of thiophene rings is 1. The topological polar surface area (TPSA) is 64.0 Å². The number of carbonyl (C=O) groups is 1. The summed E-state index contributed by atoms with van der Waals surface area (Å²) in [6.45, 7) is 8.23. The molecule has 0 aliphatic heterocycles. The van der Waals surface area contributed by atoms with Gasteiger partial charge in [0.25, 0.3) is 5.56 Å². The quantitative estimate of drug-likeness (QED) is 0.316. The van der Waals surface area contributed by atoms with E-state index >= 15 is 0 Å². The average molecular weight is 440 g/mol. The molecule has 1 N–H and O–H groups in total. The van der Waals surface area contributed by atoms with Gasteiger partial charge in [-0.05, 0) is 38.2 Å². The summed E-state index contributed by atoms with van der Waals surface area (Å²) in [7, 11) is 0. The first-order valence-electron chi connectivity index (χ1n) is 10.1. The van der Waals surface area contributed by atoms with Gasteiger partial charge in [-0.25, -0.2) is 4.98 Å². The third-order valence-corrected chi connectivity index (χ3v) is 7.23. The normalized spacial score (nSPS) is 14.6. The van der Waals surface area contributed by atoms with Gasteiger partial charge in [0.15, 0.2) is 5.16 Å². The van der Waals surface area contributed by atoms with Gasteiger partial charge in [0.1, 0.15) is 4.83 Å². The van der Waals surface area contributed by atoms with Gasteiger partial charge in [0, 0.05) is 23.5 Å². The lowest BCUT2D eigenvalue weighted by Crippen LogP contribution is -2.35. The highest BCUT2D eigenvalue weighted by atomic mass is 32.2. The van der Waals surface area contributed by atoms with Crippen molar-refractivity contribution in [1.82, 2.24) is 14.9 Å². The maximum atomic E-state index is 13.3. The van der Waals surface area contributed by atoms with Crippen molar-refractivity contribution in [2.24, 2.45) is 5.92 Å². The number of hydrogen-bond acceptors (Lipinski definition) is 5. The molecule has 5 nitrogen and oxygen atoms in total. The standard InChI is InChI=1S/C23H25N3O2S2/c1-4-11-26-22(28)20-18(17-7-5-14(2)6-8-17)12-29-21(20)25-23(26)30-13-19(27)24-15(3)16-9-10-16/h4-8,12,15-16H,1,9-11,13H2,2-3H3,(H,24,27). The zero-order chi connectivity index (χ0) is 21.3. The van der Waals surface area contributed by atoms with Crippen molar-refractivity contribution in [1.29, 1.82) is 0 Å². The summed E-state index contributed by atoms with van der Waals surface area (Å²) in [6, 6.07) is 8.35. The molecule has 1 unspecified atom stereocenters. The molecular weight excluding hydrogens is 414 g/mol. The average Bonchev–Trinajstić information content (AvgIpc) is 3.49. The van der Waals surface area contributed by atoms with Crippen molar-refractivity contribution in [3.63, 3.8) is 0 Å². The van der Waals surface area contributed by atoms with Crippen molar-refractivity contribution in [3.8, 4) is 11.1 Å². The van der Waals surface area contributed by atoms with Crippen molar-refractivity contribution in [2.75, 3.05) is 5.75 Å². The number of thioether (sulfide) groups is 1. The number of hydrogen-bond donors (Lipinski definition) is 1. The molecular formula is C23H25N3O2S2. The van der Waals surface area contributed by atoms with Crippen molar-refractivity contribution >= 4 is 39.2 Å². The molecule has 1 atom stereocenters. The van der Waals surface area contributed by atoms with E-state index in [1.54, 1.807) is 10.6 Å². The number of carbonyl (C=O) groups excluding carboxylic acids is 1. The predicted octanol–water partition coefficient (Wildman–Crippen LogP) is 4.63. The molecule has 0 radical (unpaired) electrons. The fourth-order valence-corrected chi connectivity index (χ4v) is 5.30. The lowest BCUT2D eigenvalue weighted by atomic mass is 10.1. The Labute approximate surface area is 184 Å². The van der Waals surface area contributed by atoms with E-state index in [0.717, 1.165) is 11.1 Å². The third kappa shape index (κ3) is 4.37. The van der Waals surface area contributed by atoms with Crippen LogP contribution >= 0.6 is 23.1 Å². The number of aryl methyl sites for hydroxylation is 1. The molecule has 0 spiro atoms. The Balaban J connectivity index is 1.64. The molecule has 1 saturated carbocycles. The first-order valence-corrected chi connectivity index (χ1v) is 12.0. The number of fused-ring (bicyclic) bond motifs is 1. The molecule has 3 aromatic rings. The summed E-state index contributed by atoms with van der Waals surface area (Å²) in [5, 5.41) is 6.22. The van der Waals surface area contributed by atoms with Gasteiger partial charge in [-0.1, -0.05) is 47.7 Å². The van der Waals surface area contributed by atoms with Crippen LogP contribution in [0.15, 0.2) is 52.3 Å². The number of rotatable bonds is 8. The Morgan fingerprint density at radius 2 is 2.13 bits per heavy atom. The van der Waals surface area contributed by atoms with Gasteiger partial charge in [-0.2, -0.15) is 0 Å². The van der Waals surface area contributed by atoms with Crippen LogP contribution in [0.3, 0.4) is 0 Å². The lowest BCUT2D eigenvalue weighted by Gasteiger charge is -2.14. The number of aromatic nitrogens is 2. The van der Waals surface area contributed by atoms with Gasteiger partial charge in [-0.3, -0.25) is 14.2 Å². The summed E-state index contributed by atoms with van der Waals surface area (Å²) < 4.78 is 1.61. The Hall–Kier alpha value is -2.38. The molecule has 0 bridgehead atoms. The molecule has 1 aliphatic rings. The monoisotopic (exact) mass is 439 g/mol. The Morgan fingerprint density at radius 1 is 1.40 bits per heavy atom. The molecule has 7 heteroatoms. The molecule has 1 amide bonds. The molecule has 1 fully saturated rings. The minimum absolute atomic E-state index is 0.0228. The third-order valence-electron chi connectivity index (χ3n) is 5.38. The summed E-state index contributed by atoms with van der Waals surface area (Å²) in [4.78, 5) is 31.1. The van der Waals surface area contributed by atoms with Crippen molar-refractivity contribution < 1.29 is 4.79 Å². The highest BCUT2D eigenvalue weighted by Crippen LogP contribution is 2.33. The molecule has 1 aromatic carbocycles. The minimum Gasteiger partial charge on any atom is -0.353 e. The number of nitrogens with one attached hydrogen (secondary N) is 1. The van der Waals surface area contributed by atoms with E-state index in [1.807, 2.05) is 36.6 Å². The predicted molar refractivity (Wildman–Crippen MR) is 125 cm³/mol. The highest BCUT2D eigenvalue weighted by molar-refractivity contribution is 7.99. The van der Waals surface area contributed by atoms with Gasteiger partial charge < -0.3 is 5.32 Å². The SMILES string of the molecule is C=CCn1c(SCC(=O)NC(C)C2CC2)nc2scc(-c3ccc(C)cc3)c2c1=O. The molecule has 0 saturated heterocycles. The van der Waals surface area contributed by atoms with E-state index in [-0.39, 0.29) is 23.3 Å². The van der Waals surface area contributed by atoms with Crippen molar-refractivity contribution in [3.05, 3.63) is 58.2 Å². The smallest absolute Gasteiger partial charge is 0.263 e. The number of nitrogens with zero attached hydrogens (tertiary/aromatic N) is 2. The highest BCUT2D eigenvalue weighted by Gasteiger charge is 2.29. The van der Waals surface area contributed by atoms with E-state index in [1.165, 1.54) is 41.5 Å². The zero-order valence-electron chi connectivity index (χ0n) is 17.2. The van der Waals surface area contributed by atoms with Crippen LogP contribution < -0.4 is 10.9 Å². The summed E-state index contributed by atoms with van der Waals surface area (Å²) in [5.74, 6) is 0.826. The van der Waals surface area contributed by atoms with Crippen LogP contribution in [-0.2, 0) is 11.3 Å². The van der Waals surface area contributed by atoms with Crippen LogP contribution in [0, 0.1) is 12.8 Å². The second-order valence-electron chi connectivity index (χ2n) is 7.78. The maximum Gasteiger partial charge on any atom is 0.263 e. The minimum atomic E-state index is -0.0917. The van der Waals surface area contributed by atoms with Gasteiger partial charge in [0.05, 0.1) is 11.1 Å². The lowest BCUT2D eigenvalue weighted by molar-refractivity contribution is -0.119. The van der Waals surface area contributed by atoms with Gasteiger partial charge >= 0.3 is 0 Å². The van der Waals surface area contributed by atoms with Gasteiger partial charge in [0.2, 0.25) is 5.91 Å². The van der Waals surface area contributed by atoms with Crippen LogP contribution in [0.4, 0.5) is 0 Å². The largest absolute Gasteiger partial charge is 0.353 e. The molecule has 2 heterocycles. The molecule has 30 heavy (non-hydrogen) atoms. The van der Waals surface area contributed by atoms with Crippen LogP contribution in [0.25, 0.3) is 21.3 Å². The second-order valence-corrected chi connectivity index (χ2v) is 9.58. The Bertz CT molecular complexity index is 1140. The van der Waals surface area contributed by atoms with E-state index in [9.17, 15) is 9.59 Å². The fourth-order valence-electron chi connectivity index (χ4n) is 3.49. The molecule has 1 aliphatic carbocycles. The van der Waals surface area contributed by atoms with Crippen molar-refractivity contribution in [2.45, 2.75) is 44.4 Å². The molecule has 4 rings (SSSR count). The number of benzene rings is 1. The van der Waals surface area contributed by atoms with Crippen LogP contribution in [0.2, 0.25) is 0 Å². The van der Waals surface area contributed by atoms with Gasteiger partial charge in [-0.15, -0.1) is 17.9 Å². The molecule has 156 valence electrons. The first kappa shape index (κ1) is 20.9. The summed E-state index contributed by atoms with van der Waals surface area (Å²) in [5.41, 5.74) is 2.99. The summed E-state index contributed by atoms with van der Waals surface area (Å²) in [6.07, 6.45) is 4.06. The second kappa shape index (κ2) is 8.78. The van der Waals surface area contributed by atoms with Crippen LogP contribution in [-0.4, -0.2) is 27.3 Å². The van der Waals surface area contributed by atoms with Crippen LogP contribution in [0.1, 0.15) is 25.3 Å². The Morgan fingerprint density at radius 3 is 2.80 bits per heavy atom. The number of amides is 1. The zero-order valence-corrected chi connectivity index (χ0v) is 18.8. The van der Waals surface area contributed by atoms with E-state index in [0.29, 0.717) is 27.8 Å².